The van der Waals surface area contributed by atoms with E-state index in [1.165, 1.54) is 19.2 Å². The number of phenolic OH excluding ortho intramolecular Hbond substituents is 2. The number of methoxy groups -OCH3 is 1. The van der Waals surface area contributed by atoms with Crippen LogP contribution in [0.1, 0.15) is 92.2 Å². The third-order valence-electron chi connectivity index (χ3n) is 14.2. The molecule has 9 rings (SSSR count). The fourth-order valence-electron chi connectivity index (χ4n) is 10.6. The minimum atomic E-state index is -1.09. The van der Waals surface area contributed by atoms with Crippen LogP contribution >= 0.6 is 23.5 Å². The van der Waals surface area contributed by atoms with Crippen molar-refractivity contribution < 1.29 is 76.9 Å². The second-order valence-corrected chi connectivity index (χ2v) is 21.1. The van der Waals surface area contributed by atoms with Gasteiger partial charge in [0, 0.05) is 77.4 Å². The first-order valence-electron chi connectivity index (χ1n) is 25.9. The number of aromatic nitrogens is 1. The lowest BCUT2D eigenvalue weighted by molar-refractivity contribution is -0.243. The number of hydrogen-bond donors (Lipinski definition) is 5. The lowest BCUT2D eigenvalue weighted by atomic mass is 9.74. The van der Waals surface area contributed by atoms with E-state index in [0.29, 0.717) is 63.9 Å². The first kappa shape index (κ1) is 56.8. The van der Waals surface area contributed by atoms with Gasteiger partial charge in [0.1, 0.15) is 41.9 Å². The minimum absolute atomic E-state index is 0.00330. The van der Waals surface area contributed by atoms with Crippen LogP contribution in [0, 0.1) is 5.92 Å². The molecule has 3 aromatic carbocycles. The zero-order valence-corrected chi connectivity index (χ0v) is 45.5. The number of carbonyl (C=O) groups excluding carboxylic acids is 5. The van der Waals surface area contributed by atoms with Crippen LogP contribution in [0.4, 0.5) is 5.69 Å². The highest BCUT2D eigenvalue weighted by atomic mass is 32.2. The van der Waals surface area contributed by atoms with Crippen LogP contribution in [0.2, 0.25) is 0 Å². The Morgan fingerprint density at radius 1 is 0.859 bits per heavy atom. The zero-order chi connectivity index (χ0) is 54.9. The van der Waals surface area contributed by atoms with Gasteiger partial charge in [0.25, 0.3) is 0 Å². The Labute approximate surface area is 459 Å². The summed E-state index contributed by atoms with van der Waals surface area (Å²) in [6, 6.07) is 15.1. The number of phenols is 2. The summed E-state index contributed by atoms with van der Waals surface area (Å²) >= 11 is 3.41. The number of ketones is 2. The average Bonchev–Trinajstić information content (AvgIpc) is 3.68. The third-order valence-corrected chi connectivity index (χ3v) is 15.3. The van der Waals surface area contributed by atoms with Crippen molar-refractivity contribution in [3.05, 3.63) is 105 Å². The molecule has 2 aliphatic carbocycles. The number of rotatable bonds is 24. The smallest absolute Gasteiger partial charge is 0.247 e. The molecule has 7 atom stereocenters. The maximum absolute atomic E-state index is 14.2. The number of fused-ring (bicyclic) bond motifs is 6. The van der Waals surface area contributed by atoms with Gasteiger partial charge >= 0.3 is 0 Å². The number of amides is 3. The van der Waals surface area contributed by atoms with E-state index in [1.807, 2.05) is 31.6 Å². The molecule has 0 radical (unpaired) electrons. The molecule has 3 fully saturated rings. The summed E-state index contributed by atoms with van der Waals surface area (Å²) in [5.74, 6) is -2.19. The lowest BCUT2D eigenvalue weighted by Gasteiger charge is -2.41. The molecule has 3 amide bonds. The Hall–Kier alpha value is -5.86. The topological polar surface area (TPSA) is 261 Å². The van der Waals surface area contributed by atoms with Crippen molar-refractivity contribution in [2.24, 2.45) is 5.92 Å². The quantitative estimate of drug-likeness (QED) is 0.0310. The minimum Gasteiger partial charge on any atom is -0.507 e. The lowest BCUT2D eigenvalue weighted by Crippen LogP contribution is -2.52. The van der Waals surface area contributed by atoms with E-state index in [9.17, 15) is 34.2 Å². The number of anilines is 1. The fraction of sp³-hybridized carbons (Fsp3) is 0.491. The number of pyridine rings is 1. The second-order valence-electron chi connectivity index (χ2n) is 19.3. The number of morpholine rings is 1. The maximum Gasteiger partial charge on any atom is 0.247 e. The van der Waals surface area contributed by atoms with E-state index in [1.54, 1.807) is 53.9 Å². The number of ether oxygens (including phenoxy) is 8. The molecular formula is C55H65N5O16S2. The highest BCUT2D eigenvalue weighted by Crippen LogP contribution is 2.52. The monoisotopic (exact) mass is 1120 g/mol. The van der Waals surface area contributed by atoms with E-state index in [0.717, 1.165) is 28.6 Å². The number of hydrogen-bond acceptors (Lipinski definition) is 20. The first-order valence-corrected chi connectivity index (χ1v) is 28.6. The van der Waals surface area contributed by atoms with Crippen molar-refractivity contribution in [3.63, 3.8) is 0 Å². The number of nitrogens with zero attached hydrogens (tertiary/aromatic N) is 2. The van der Waals surface area contributed by atoms with Gasteiger partial charge in [0.2, 0.25) is 23.5 Å². The number of carbonyl (C=O) groups is 5. The molecule has 4 heterocycles. The predicted octanol–water partition coefficient (Wildman–Crippen LogP) is 4.99. The Kier molecular flexibility index (Phi) is 19.2. The van der Waals surface area contributed by atoms with Gasteiger partial charge in [0.15, 0.2) is 12.1 Å². The fourth-order valence-corrected chi connectivity index (χ4v) is 11.5. The molecule has 418 valence electrons. The molecule has 3 saturated heterocycles. The molecular weight excluding hydrogens is 1050 g/mol. The van der Waals surface area contributed by atoms with Crippen molar-refractivity contribution >= 4 is 58.5 Å². The molecule has 5 N–H and O–H groups in total. The second kappa shape index (κ2) is 26.4. The van der Waals surface area contributed by atoms with Crippen molar-refractivity contribution in [1.82, 2.24) is 20.7 Å². The van der Waals surface area contributed by atoms with E-state index < -0.39 is 59.3 Å². The van der Waals surface area contributed by atoms with Gasteiger partial charge in [-0.3, -0.25) is 38.7 Å². The predicted molar refractivity (Wildman–Crippen MR) is 286 cm³/mol. The van der Waals surface area contributed by atoms with Crippen LogP contribution < -0.4 is 25.6 Å². The molecule has 3 aliphatic heterocycles. The molecule has 1 unspecified atom stereocenters. The highest BCUT2D eigenvalue weighted by Gasteiger charge is 2.52. The van der Waals surface area contributed by atoms with Gasteiger partial charge in [-0.25, -0.2) is 5.48 Å². The van der Waals surface area contributed by atoms with Gasteiger partial charge < -0.3 is 58.7 Å². The van der Waals surface area contributed by atoms with Crippen LogP contribution in [-0.2, 0) is 72.2 Å². The molecule has 23 heteroatoms. The van der Waals surface area contributed by atoms with Crippen molar-refractivity contribution in [2.75, 3.05) is 84.3 Å². The Balaban J connectivity index is 0.742. The van der Waals surface area contributed by atoms with Crippen molar-refractivity contribution in [1.29, 1.82) is 0 Å². The summed E-state index contributed by atoms with van der Waals surface area (Å²) in [6.45, 7) is 4.75. The van der Waals surface area contributed by atoms with Gasteiger partial charge in [-0.05, 0) is 56.0 Å². The van der Waals surface area contributed by atoms with E-state index >= 15 is 0 Å². The van der Waals surface area contributed by atoms with Crippen LogP contribution in [0.25, 0.3) is 0 Å². The van der Waals surface area contributed by atoms with Gasteiger partial charge in [-0.2, -0.15) is 23.5 Å². The number of thioether (sulfide) groups is 2. The summed E-state index contributed by atoms with van der Waals surface area (Å²) < 4.78 is 47.4. The van der Waals surface area contributed by atoms with E-state index in [4.69, 9.17) is 42.7 Å². The Bertz CT molecular complexity index is 2810. The highest BCUT2D eigenvalue weighted by molar-refractivity contribution is 7.98. The summed E-state index contributed by atoms with van der Waals surface area (Å²) in [7, 11) is 1.37. The summed E-state index contributed by atoms with van der Waals surface area (Å²) in [5, 5.41) is 29.4. The van der Waals surface area contributed by atoms with E-state index in [2.05, 4.69) is 26.0 Å². The van der Waals surface area contributed by atoms with Crippen molar-refractivity contribution in [3.8, 4) is 23.0 Å². The number of nitrogens with one attached hydrogen (secondary N) is 3. The molecule has 0 saturated carbocycles. The Morgan fingerprint density at radius 2 is 1.59 bits per heavy atom. The molecule has 0 spiro atoms. The standard InChI is InChI=1S/C55H65N5O16S2/c1-30-54-39(60-13-15-71-27-44(60)76-54)24-45(74-30)75-41-21-32(20-38-47(41)53(66)49-48(51(38)64)50(63)37-6-5-7-40(68-2)46(37)52(49)65)55(67)59-73-26-31-8-10-33(11-9-31)58-43(62)25-56-42(61)12-14-69-16-17-70-18-19-72-36-22-34(28-77-3)57-35(23-36)29-78-4/h5-11,22-23,30,32,39,41,44-45,54,64,66H,12-21,24-29H2,1-4H3,(H,56,61)(H,58,62)(H,59,67)/t30-,32?,39-,41-,44+,45-,54+/m0/s1. The van der Waals surface area contributed by atoms with E-state index in [-0.39, 0.29) is 102 Å². The molecule has 1 aromatic heterocycles. The van der Waals surface area contributed by atoms with Crippen LogP contribution in [0.5, 0.6) is 23.0 Å². The summed E-state index contributed by atoms with van der Waals surface area (Å²) in [4.78, 5) is 79.9. The largest absolute Gasteiger partial charge is 0.507 e. The molecule has 21 nitrogen and oxygen atoms in total. The van der Waals surface area contributed by atoms with Gasteiger partial charge in [-0.1, -0.05) is 24.3 Å². The molecule has 78 heavy (non-hydrogen) atoms. The normalized spacial score (nSPS) is 22.3. The van der Waals surface area contributed by atoms with Crippen LogP contribution in [0.3, 0.4) is 0 Å². The number of aromatic hydroxyl groups is 2. The number of hydroxylamine groups is 1. The molecule has 4 aromatic rings. The molecule has 5 aliphatic rings. The average molecular weight is 1120 g/mol. The van der Waals surface area contributed by atoms with Crippen LogP contribution in [0.15, 0.2) is 54.6 Å². The number of benzene rings is 3. The van der Waals surface area contributed by atoms with Gasteiger partial charge in [0.05, 0.1) is 100 Å². The van der Waals surface area contributed by atoms with Gasteiger partial charge in [-0.15, -0.1) is 0 Å². The Morgan fingerprint density at radius 3 is 2.33 bits per heavy atom. The first-order chi connectivity index (χ1) is 37.8. The molecule has 0 bridgehead atoms. The van der Waals surface area contributed by atoms with Crippen LogP contribution in [-0.4, -0.2) is 159 Å². The SMILES string of the molecule is COc1cccc2c1C(=O)c1c(O)c3c(c(O)c1C2=O)CC(C(=O)NOCc1ccc(NC(=O)CNC(=O)CCOCCOCCOc2cc(CSC)nc(CSC)c2)cc1)C[C@@H]3O[C@H]1C[C@H]2[C@H](O[C@@H]3COCCN32)[C@H](C)O1. The summed E-state index contributed by atoms with van der Waals surface area (Å²) in [6.07, 6.45) is 1.56. The zero-order valence-electron chi connectivity index (χ0n) is 43.9. The van der Waals surface area contributed by atoms with Crippen molar-refractivity contribution in [2.45, 2.75) is 87.6 Å². The summed E-state index contributed by atoms with van der Waals surface area (Å²) in [5.41, 5.74) is 4.97. The maximum atomic E-state index is 14.2. The third kappa shape index (κ3) is 13.1.